The van der Waals surface area contributed by atoms with Crippen LogP contribution < -0.4 is 4.74 Å². The molecule has 184 valence electrons. The van der Waals surface area contributed by atoms with E-state index in [1.807, 2.05) is 53.8 Å². The smallest absolute Gasteiger partial charge is 0.255 e. The number of carbonyl (C=O) groups excluding carboxylic acids is 1. The number of rotatable bonds is 7. The largest absolute Gasteiger partial charge is 0.497 e. The molecule has 0 atom stereocenters. The Morgan fingerprint density at radius 3 is 2.56 bits per heavy atom. The fourth-order valence-corrected chi connectivity index (χ4v) is 4.23. The fourth-order valence-electron chi connectivity index (χ4n) is 4.23. The number of carbonyl (C=O) groups is 1. The van der Waals surface area contributed by atoms with Crippen LogP contribution in [0.1, 0.15) is 52.5 Å². The number of hydrogen-bond acceptors (Lipinski definition) is 5. The molecule has 1 aromatic heterocycles. The first kappa shape index (κ1) is 25.0. The highest BCUT2D eigenvalue weighted by Crippen LogP contribution is 2.20. The van der Waals surface area contributed by atoms with E-state index in [0.29, 0.717) is 36.5 Å². The molecular formula is C29H31N5O2. The first-order valence-corrected chi connectivity index (χ1v) is 12.3. The summed E-state index contributed by atoms with van der Waals surface area (Å²) < 4.78 is 7.50. The SMILES string of the molecule is CCCC#Cc1ccc(OC)cc1C(=O)N1CCN(Cc2cncn2Cc2ccc(C#N)cc2)CC1. The van der Waals surface area contributed by atoms with Crippen molar-refractivity contribution in [3.63, 3.8) is 0 Å². The number of aromatic nitrogens is 2. The predicted molar refractivity (Wildman–Crippen MR) is 138 cm³/mol. The summed E-state index contributed by atoms with van der Waals surface area (Å²) in [5.41, 5.74) is 4.27. The van der Waals surface area contributed by atoms with Gasteiger partial charge in [-0.15, -0.1) is 0 Å². The third-order valence-corrected chi connectivity index (χ3v) is 6.33. The van der Waals surface area contributed by atoms with Gasteiger partial charge in [-0.25, -0.2) is 4.98 Å². The van der Waals surface area contributed by atoms with Gasteiger partial charge in [0, 0.05) is 57.4 Å². The molecule has 0 bridgehead atoms. The van der Waals surface area contributed by atoms with Crippen LogP contribution in [0.25, 0.3) is 0 Å². The zero-order valence-electron chi connectivity index (χ0n) is 20.9. The van der Waals surface area contributed by atoms with Crippen molar-refractivity contribution in [1.82, 2.24) is 19.4 Å². The molecule has 0 spiro atoms. The molecule has 7 heteroatoms. The molecule has 0 aliphatic carbocycles. The van der Waals surface area contributed by atoms with Crippen LogP contribution in [0, 0.1) is 23.2 Å². The van der Waals surface area contributed by atoms with Crippen LogP contribution in [0.4, 0.5) is 0 Å². The van der Waals surface area contributed by atoms with Crippen LogP contribution in [0.3, 0.4) is 0 Å². The van der Waals surface area contributed by atoms with Gasteiger partial charge in [0.25, 0.3) is 5.91 Å². The first-order chi connectivity index (χ1) is 17.6. The van der Waals surface area contributed by atoms with Crippen LogP contribution in [0.2, 0.25) is 0 Å². The molecule has 2 aromatic carbocycles. The van der Waals surface area contributed by atoms with Crippen molar-refractivity contribution in [2.45, 2.75) is 32.9 Å². The van der Waals surface area contributed by atoms with Gasteiger partial charge in [-0.3, -0.25) is 9.69 Å². The summed E-state index contributed by atoms with van der Waals surface area (Å²) in [7, 11) is 1.61. The summed E-state index contributed by atoms with van der Waals surface area (Å²) in [6.07, 6.45) is 5.54. The molecule has 2 heterocycles. The van der Waals surface area contributed by atoms with Gasteiger partial charge < -0.3 is 14.2 Å². The van der Waals surface area contributed by atoms with Gasteiger partial charge in [-0.2, -0.15) is 5.26 Å². The standard InChI is InChI=1S/C29H31N5O2/c1-3-4-5-6-25-11-12-27(36-2)17-28(25)29(35)33-15-13-32(14-16-33)21-26-19-31-22-34(26)20-24-9-7-23(18-30)8-10-24/h7-12,17,19,22H,3-4,13-16,20-21H2,1-2H3. The quantitative estimate of drug-likeness (QED) is 0.478. The summed E-state index contributed by atoms with van der Waals surface area (Å²) in [5.74, 6) is 6.98. The Bertz CT molecular complexity index is 1290. The second kappa shape index (κ2) is 12.1. The normalized spacial score (nSPS) is 13.5. The number of unbranched alkanes of at least 4 members (excludes halogenated alkanes) is 1. The number of amides is 1. The minimum absolute atomic E-state index is 0.000191. The molecule has 0 unspecified atom stereocenters. The van der Waals surface area contributed by atoms with Gasteiger partial charge in [0.1, 0.15) is 5.75 Å². The lowest BCUT2D eigenvalue weighted by molar-refractivity contribution is 0.0625. The molecule has 36 heavy (non-hydrogen) atoms. The van der Waals surface area contributed by atoms with Crippen LogP contribution in [-0.2, 0) is 13.1 Å². The molecule has 0 saturated carbocycles. The molecular weight excluding hydrogens is 450 g/mol. The minimum Gasteiger partial charge on any atom is -0.497 e. The number of ether oxygens (including phenoxy) is 1. The van der Waals surface area contributed by atoms with Crippen molar-refractivity contribution in [1.29, 1.82) is 5.26 Å². The summed E-state index contributed by atoms with van der Waals surface area (Å²) in [5, 5.41) is 9.00. The Morgan fingerprint density at radius 1 is 1.08 bits per heavy atom. The van der Waals surface area contributed by atoms with Gasteiger partial charge in [0.05, 0.1) is 36.3 Å². The fraction of sp³-hybridized carbons (Fsp3) is 0.345. The maximum Gasteiger partial charge on any atom is 0.255 e. The Balaban J connectivity index is 1.38. The first-order valence-electron chi connectivity index (χ1n) is 12.3. The van der Waals surface area contributed by atoms with E-state index in [-0.39, 0.29) is 5.91 Å². The second-order valence-corrected chi connectivity index (χ2v) is 8.85. The molecule has 1 fully saturated rings. The Morgan fingerprint density at radius 2 is 1.86 bits per heavy atom. The van der Waals surface area contributed by atoms with Crippen LogP contribution >= 0.6 is 0 Å². The van der Waals surface area contributed by atoms with Gasteiger partial charge in [-0.05, 0) is 42.3 Å². The summed E-state index contributed by atoms with van der Waals surface area (Å²) in [6.45, 7) is 6.45. The molecule has 1 aliphatic rings. The van der Waals surface area contributed by atoms with Crippen molar-refractivity contribution < 1.29 is 9.53 Å². The van der Waals surface area contributed by atoms with E-state index in [1.54, 1.807) is 13.2 Å². The van der Waals surface area contributed by atoms with E-state index in [4.69, 9.17) is 10.00 Å². The Labute approximate surface area is 212 Å². The molecule has 0 radical (unpaired) electrons. The maximum atomic E-state index is 13.4. The lowest BCUT2D eigenvalue weighted by Gasteiger charge is -2.35. The predicted octanol–water partition coefficient (Wildman–Crippen LogP) is 3.92. The molecule has 0 N–H and O–H groups in total. The number of hydrogen-bond donors (Lipinski definition) is 0. The molecule has 4 rings (SSSR count). The highest BCUT2D eigenvalue weighted by molar-refractivity contribution is 5.97. The van der Waals surface area contributed by atoms with Gasteiger partial charge in [-0.1, -0.05) is 30.9 Å². The van der Waals surface area contributed by atoms with E-state index in [2.05, 4.69) is 39.3 Å². The van der Waals surface area contributed by atoms with Crippen molar-refractivity contribution in [2.75, 3.05) is 33.3 Å². The highest BCUT2D eigenvalue weighted by atomic mass is 16.5. The lowest BCUT2D eigenvalue weighted by Crippen LogP contribution is -2.48. The van der Waals surface area contributed by atoms with E-state index >= 15 is 0 Å². The van der Waals surface area contributed by atoms with Crippen molar-refractivity contribution in [3.8, 4) is 23.7 Å². The molecule has 3 aromatic rings. The third kappa shape index (κ3) is 6.13. The number of piperazine rings is 1. The monoisotopic (exact) mass is 481 g/mol. The van der Waals surface area contributed by atoms with Gasteiger partial charge >= 0.3 is 0 Å². The van der Waals surface area contributed by atoms with Gasteiger partial charge in [0.2, 0.25) is 0 Å². The summed E-state index contributed by atoms with van der Waals surface area (Å²) in [6, 6.07) is 15.3. The van der Waals surface area contributed by atoms with Crippen molar-refractivity contribution in [3.05, 3.63) is 82.9 Å². The van der Waals surface area contributed by atoms with Crippen LogP contribution in [0.15, 0.2) is 55.0 Å². The molecule has 1 saturated heterocycles. The van der Waals surface area contributed by atoms with E-state index in [9.17, 15) is 4.79 Å². The van der Waals surface area contributed by atoms with Gasteiger partial charge in [0.15, 0.2) is 0 Å². The van der Waals surface area contributed by atoms with Crippen molar-refractivity contribution in [2.24, 2.45) is 0 Å². The van der Waals surface area contributed by atoms with E-state index in [0.717, 1.165) is 49.3 Å². The minimum atomic E-state index is 0.000191. The van der Waals surface area contributed by atoms with E-state index < -0.39 is 0 Å². The number of imidazole rings is 1. The van der Waals surface area contributed by atoms with Crippen LogP contribution in [0.5, 0.6) is 5.75 Å². The van der Waals surface area contributed by atoms with E-state index in [1.165, 1.54) is 0 Å². The van der Waals surface area contributed by atoms with Crippen molar-refractivity contribution >= 4 is 5.91 Å². The molecule has 1 aliphatic heterocycles. The number of nitriles is 1. The lowest BCUT2D eigenvalue weighted by atomic mass is 10.0. The average Bonchev–Trinajstić information content (AvgIpc) is 3.35. The second-order valence-electron chi connectivity index (χ2n) is 8.85. The maximum absolute atomic E-state index is 13.4. The third-order valence-electron chi connectivity index (χ3n) is 6.33. The summed E-state index contributed by atoms with van der Waals surface area (Å²) >= 11 is 0. The number of benzene rings is 2. The average molecular weight is 482 g/mol. The van der Waals surface area contributed by atoms with Crippen LogP contribution in [-0.4, -0.2) is 58.5 Å². The number of nitrogens with zero attached hydrogens (tertiary/aromatic N) is 5. The molecule has 1 amide bonds. The number of methoxy groups -OCH3 is 1. The molecule has 7 nitrogen and oxygen atoms in total. The topological polar surface area (TPSA) is 74.4 Å². The zero-order chi connectivity index (χ0) is 25.3. The summed E-state index contributed by atoms with van der Waals surface area (Å²) in [4.78, 5) is 22.0. The highest BCUT2D eigenvalue weighted by Gasteiger charge is 2.24. The zero-order valence-corrected chi connectivity index (χ0v) is 20.9. The Hall–Kier alpha value is -4.07. The Kier molecular flexibility index (Phi) is 8.39.